The SMILES string of the molecule is CC(C)n1c(SCC(=O)Nc2sccc2C#N)nnc1-c1ccco1. The summed E-state index contributed by atoms with van der Waals surface area (Å²) in [5.41, 5.74) is 0.466. The Kier molecular flexibility index (Phi) is 5.21. The van der Waals surface area contributed by atoms with Gasteiger partial charge in [-0.2, -0.15) is 5.26 Å². The summed E-state index contributed by atoms with van der Waals surface area (Å²) in [4.78, 5) is 12.2. The summed E-state index contributed by atoms with van der Waals surface area (Å²) in [6.45, 7) is 4.04. The zero-order chi connectivity index (χ0) is 17.8. The average molecular weight is 373 g/mol. The number of rotatable bonds is 6. The second-order valence-electron chi connectivity index (χ2n) is 5.36. The molecule has 0 unspecified atom stereocenters. The van der Waals surface area contributed by atoms with E-state index in [9.17, 15) is 4.79 Å². The van der Waals surface area contributed by atoms with Gasteiger partial charge in [-0.15, -0.1) is 21.5 Å². The molecule has 0 fully saturated rings. The summed E-state index contributed by atoms with van der Waals surface area (Å²) in [5, 5.41) is 23.1. The predicted molar refractivity (Wildman–Crippen MR) is 96.5 cm³/mol. The van der Waals surface area contributed by atoms with Gasteiger partial charge in [-0.25, -0.2) is 0 Å². The Labute approximate surface area is 152 Å². The topological polar surface area (TPSA) is 96.7 Å². The number of nitrogens with zero attached hydrogens (tertiary/aromatic N) is 4. The number of thiophene rings is 1. The molecule has 0 aliphatic heterocycles. The molecule has 0 saturated carbocycles. The van der Waals surface area contributed by atoms with E-state index < -0.39 is 0 Å². The van der Waals surface area contributed by atoms with Crippen LogP contribution < -0.4 is 5.32 Å². The van der Waals surface area contributed by atoms with Gasteiger partial charge in [0.25, 0.3) is 0 Å². The molecular weight excluding hydrogens is 358 g/mol. The van der Waals surface area contributed by atoms with Crippen LogP contribution >= 0.6 is 23.1 Å². The summed E-state index contributed by atoms with van der Waals surface area (Å²) < 4.78 is 7.34. The van der Waals surface area contributed by atoms with Crippen LogP contribution in [-0.2, 0) is 4.79 Å². The maximum Gasteiger partial charge on any atom is 0.235 e. The van der Waals surface area contributed by atoms with Gasteiger partial charge in [0.05, 0.1) is 17.6 Å². The van der Waals surface area contributed by atoms with Crippen LogP contribution in [0.3, 0.4) is 0 Å². The molecule has 7 nitrogen and oxygen atoms in total. The highest BCUT2D eigenvalue weighted by molar-refractivity contribution is 7.99. The van der Waals surface area contributed by atoms with Gasteiger partial charge in [0.15, 0.2) is 10.9 Å². The number of anilines is 1. The third-order valence-corrected chi connectivity index (χ3v) is 5.07. The molecule has 0 spiro atoms. The van der Waals surface area contributed by atoms with Gasteiger partial charge in [-0.1, -0.05) is 11.8 Å². The molecule has 0 radical (unpaired) electrons. The molecule has 0 aromatic carbocycles. The van der Waals surface area contributed by atoms with E-state index in [1.54, 1.807) is 23.8 Å². The number of furan rings is 1. The molecule has 0 aliphatic carbocycles. The Hall–Kier alpha value is -2.57. The highest BCUT2D eigenvalue weighted by Crippen LogP contribution is 2.28. The maximum absolute atomic E-state index is 12.2. The lowest BCUT2D eigenvalue weighted by molar-refractivity contribution is -0.113. The second-order valence-corrected chi connectivity index (χ2v) is 7.22. The minimum atomic E-state index is -0.193. The molecule has 1 N–H and O–H groups in total. The standard InChI is InChI=1S/C16H15N5O2S2/c1-10(2)21-14(12-4-3-6-23-12)19-20-16(21)25-9-13(22)18-15-11(8-17)5-7-24-15/h3-7,10H,9H2,1-2H3,(H,18,22). The van der Waals surface area contributed by atoms with Crippen molar-refractivity contribution in [3.05, 3.63) is 35.4 Å². The summed E-state index contributed by atoms with van der Waals surface area (Å²) in [6, 6.07) is 7.46. The van der Waals surface area contributed by atoms with Crippen molar-refractivity contribution in [2.75, 3.05) is 11.1 Å². The van der Waals surface area contributed by atoms with E-state index in [-0.39, 0.29) is 17.7 Å². The van der Waals surface area contributed by atoms with E-state index >= 15 is 0 Å². The average Bonchev–Trinajstić information content (AvgIpc) is 3.32. The minimum Gasteiger partial charge on any atom is -0.461 e. The Morgan fingerprint density at radius 2 is 2.32 bits per heavy atom. The lowest BCUT2D eigenvalue weighted by atomic mass is 10.3. The third-order valence-electron chi connectivity index (χ3n) is 3.29. The number of nitrogens with one attached hydrogen (secondary N) is 1. The van der Waals surface area contributed by atoms with Crippen LogP contribution in [0.5, 0.6) is 0 Å². The Morgan fingerprint density at radius 3 is 3.00 bits per heavy atom. The largest absolute Gasteiger partial charge is 0.461 e. The first-order valence-corrected chi connectivity index (χ1v) is 9.35. The van der Waals surface area contributed by atoms with Gasteiger partial charge in [0.2, 0.25) is 11.7 Å². The van der Waals surface area contributed by atoms with Gasteiger partial charge >= 0.3 is 0 Å². The Morgan fingerprint density at radius 1 is 1.48 bits per heavy atom. The van der Waals surface area contributed by atoms with Crippen LogP contribution in [-0.4, -0.2) is 26.4 Å². The summed E-state index contributed by atoms with van der Waals surface area (Å²) in [7, 11) is 0. The molecule has 0 aliphatic rings. The van der Waals surface area contributed by atoms with E-state index in [4.69, 9.17) is 9.68 Å². The zero-order valence-electron chi connectivity index (χ0n) is 13.6. The summed E-state index contributed by atoms with van der Waals surface area (Å²) >= 11 is 2.62. The Bertz CT molecular complexity index is 906. The van der Waals surface area contributed by atoms with Crippen molar-refractivity contribution in [3.8, 4) is 17.7 Å². The Balaban J connectivity index is 1.71. The van der Waals surface area contributed by atoms with E-state index in [2.05, 4.69) is 15.5 Å². The summed E-state index contributed by atoms with van der Waals surface area (Å²) in [5.74, 6) is 1.25. The van der Waals surface area contributed by atoms with Gasteiger partial charge in [-0.05, 0) is 37.4 Å². The monoisotopic (exact) mass is 373 g/mol. The molecule has 0 bridgehead atoms. The van der Waals surface area contributed by atoms with Crippen LogP contribution in [0.1, 0.15) is 25.5 Å². The smallest absolute Gasteiger partial charge is 0.235 e. The van der Waals surface area contributed by atoms with Gasteiger partial charge < -0.3 is 9.73 Å². The van der Waals surface area contributed by atoms with E-state index in [0.717, 1.165) is 0 Å². The van der Waals surface area contributed by atoms with Crippen molar-refractivity contribution < 1.29 is 9.21 Å². The maximum atomic E-state index is 12.2. The van der Waals surface area contributed by atoms with Crippen molar-refractivity contribution in [2.45, 2.75) is 25.0 Å². The molecule has 25 heavy (non-hydrogen) atoms. The number of carbonyl (C=O) groups is 1. The number of hydrogen-bond donors (Lipinski definition) is 1. The van der Waals surface area contributed by atoms with Crippen molar-refractivity contribution in [1.29, 1.82) is 5.26 Å². The first-order chi connectivity index (χ1) is 12.1. The number of thioether (sulfide) groups is 1. The first kappa shape index (κ1) is 17.3. The molecule has 0 atom stereocenters. The fourth-order valence-electron chi connectivity index (χ4n) is 2.20. The van der Waals surface area contributed by atoms with Crippen LogP contribution in [0.2, 0.25) is 0 Å². The van der Waals surface area contributed by atoms with Crippen molar-refractivity contribution in [3.63, 3.8) is 0 Å². The van der Waals surface area contributed by atoms with Gasteiger partial charge in [-0.3, -0.25) is 9.36 Å². The van der Waals surface area contributed by atoms with Crippen molar-refractivity contribution in [2.24, 2.45) is 0 Å². The normalized spacial score (nSPS) is 10.8. The molecule has 3 aromatic rings. The van der Waals surface area contributed by atoms with Crippen LogP contribution in [0.15, 0.2) is 39.4 Å². The number of nitriles is 1. The predicted octanol–water partition coefficient (Wildman–Crippen LogP) is 3.78. The minimum absolute atomic E-state index is 0.114. The number of aromatic nitrogens is 3. The number of hydrogen-bond acceptors (Lipinski definition) is 7. The highest BCUT2D eigenvalue weighted by atomic mass is 32.2. The molecule has 1 amide bonds. The van der Waals surface area contributed by atoms with Gasteiger partial charge in [0.1, 0.15) is 11.1 Å². The molecule has 9 heteroatoms. The lowest BCUT2D eigenvalue weighted by Gasteiger charge is -2.12. The third kappa shape index (κ3) is 3.75. The highest BCUT2D eigenvalue weighted by Gasteiger charge is 2.19. The van der Waals surface area contributed by atoms with Crippen LogP contribution in [0.25, 0.3) is 11.6 Å². The quantitative estimate of drug-likeness (QED) is 0.661. The fraction of sp³-hybridized carbons (Fsp3) is 0.250. The molecule has 128 valence electrons. The van der Waals surface area contributed by atoms with Crippen LogP contribution in [0, 0.1) is 11.3 Å². The lowest BCUT2D eigenvalue weighted by Crippen LogP contribution is -2.14. The molecule has 3 rings (SSSR count). The van der Waals surface area contributed by atoms with Gasteiger partial charge in [0, 0.05) is 6.04 Å². The molecule has 0 saturated heterocycles. The molecular formula is C16H15N5O2S2. The van der Waals surface area contributed by atoms with E-state index in [0.29, 0.717) is 27.3 Å². The van der Waals surface area contributed by atoms with E-state index in [1.807, 2.05) is 30.6 Å². The second kappa shape index (κ2) is 7.55. The molecule has 3 heterocycles. The first-order valence-electron chi connectivity index (χ1n) is 7.49. The molecule has 3 aromatic heterocycles. The van der Waals surface area contributed by atoms with Crippen LogP contribution in [0.4, 0.5) is 5.00 Å². The van der Waals surface area contributed by atoms with Crippen molar-refractivity contribution in [1.82, 2.24) is 14.8 Å². The summed E-state index contributed by atoms with van der Waals surface area (Å²) in [6.07, 6.45) is 1.59. The number of carbonyl (C=O) groups excluding carboxylic acids is 1. The van der Waals surface area contributed by atoms with E-state index in [1.165, 1.54) is 23.1 Å². The fourth-order valence-corrected chi connectivity index (χ4v) is 3.82. The number of amides is 1. The zero-order valence-corrected chi connectivity index (χ0v) is 15.2. The van der Waals surface area contributed by atoms with Crippen molar-refractivity contribution >= 4 is 34.0 Å².